The van der Waals surface area contributed by atoms with Gasteiger partial charge in [-0.2, -0.15) is 0 Å². The second-order valence-electron chi connectivity index (χ2n) is 4.16. The standard InChI is InChI=1S/C13H17NO3/c1-9(2)7-12(17-3)14-11-6-4-5-10(8-11)13(15)16/h4-6,8-9H,7H2,1-3H3,(H,15,16). The summed E-state index contributed by atoms with van der Waals surface area (Å²) < 4.78 is 5.17. The van der Waals surface area contributed by atoms with Gasteiger partial charge in [0, 0.05) is 6.42 Å². The predicted molar refractivity (Wildman–Crippen MR) is 67.0 cm³/mol. The highest BCUT2D eigenvalue weighted by molar-refractivity contribution is 5.89. The normalized spacial score (nSPS) is 11.6. The average molecular weight is 235 g/mol. The lowest BCUT2D eigenvalue weighted by Gasteiger charge is -2.07. The van der Waals surface area contributed by atoms with Crippen LogP contribution in [0, 0.1) is 5.92 Å². The van der Waals surface area contributed by atoms with Crippen molar-refractivity contribution in [3.63, 3.8) is 0 Å². The zero-order valence-corrected chi connectivity index (χ0v) is 10.3. The zero-order chi connectivity index (χ0) is 12.8. The first kappa shape index (κ1) is 13.2. The maximum Gasteiger partial charge on any atom is 0.335 e. The highest BCUT2D eigenvalue weighted by Gasteiger charge is 2.05. The Kier molecular flexibility index (Phi) is 4.69. The number of ether oxygens (including phenoxy) is 1. The van der Waals surface area contributed by atoms with Crippen molar-refractivity contribution in [2.45, 2.75) is 20.3 Å². The van der Waals surface area contributed by atoms with Gasteiger partial charge in [0.05, 0.1) is 18.4 Å². The molecule has 17 heavy (non-hydrogen) atoms. The molecule has 0 aromatic heterocycles. The molecule has 1 rings (SSSR count). The van der Waals surface area contributed by atoms with Gasteiger partial charge in [-0.15, -0.1) is 0 Å². The lowest BCUT2D eigenvalue weighted by atomic mass is 10.1. The maximum absolute atomic E-state index is 10.8. The molecule has 4 heteroatoms. The van der Waals surface area contributed by atoms with Gasteiger partial charge in [-0.25, -0.2) is 9.79 Å². The molecule has 0 amide bonds. The van der Waals surface area contributed by atoms with E-state index in [1.54, 1.807) is 19.2 Å². The van der Waals surface area contributed by atoms with Gasteiger partial charge < -0.3 is 9.84 Å². The van der Waals surface area contributed by atoms with Gasteiger partial charge >= 0.3 is 5.97 Å². The molecule has 92 valence electrons. The third-order valence-electron chi connectivity index (χ3n) is 2.17. The fourth-order valence-corrected chi connectivity index (χ4v) is 1.38. The first-order valence-corrected chi connectivity index (χ1v) is 5.48. The summed E-state index contributed by atoms with van der Waals surface area (Å²) in [6.07, 6.45) is 0.730. The molecule has 0 saturated carbocycles. The Morgan fingerprint density at radius 1 is 1.47 bits per heavy atom. The van der Waals surface area contributed by atoms with E-state index in [2.05, 4.69) is 18.8 Å². The molecule has 0 atom stereocenters. The summed E-state index contributed by atoms with van der Waals surface area (Å²) in [6.45, 7) is 4.14. The van der Waals surface area contributed by atoms with E-state index in [0.717, 1.165) is 6.42 Å². The van der Waals surface area contributed by atoms with Crippen molar-refractivity contribution in [2.24, 2.45) is 10.9 Å². The Hall–Kier alpha value is -1.84. The molecule has 1 N–H and O–H groups in total. The molecule has 0 spiro atoms. The van der Waals surface area contributed by atoms with Crippen LogP contribution < -0.4 is 0 Å². The number of aliphatic imine (C=N–C) groups is 1. The fourth-order valence-electron chi connectivity index (χ4n) is 1.38. The molecular formula is C13H17NO3. The van der Waals surface area contributed by atoms with Crippen LogP contribution in [0.3, 0.4) is 0 Å². The number of rotatable bonds is 4. The van der Waals surface area contributed by atoms with Gasteiger partial charge in [0.2, 0.25) is 0 Å². The Morgan fingerprint density at radius 2 is 2.18 bits per heavy atom. The quantitative estimate of drug-likeness (QED) is 0.644. The van der Waals surface area contributed by atoms with Crippen LogP contribution in [0.1, 0.15) is 30.6 Å². The number of benzene rings is 1. The number of carboxylic acids is 1. The van der Waals surface area contributed by atoms with Crippen molar-refractivity contribution >= 4 is 17.6 Å². The molecule has 1 aromatic rings. The van der Waals surface area contributed by atoms with Crippen LogP contribution in [0.25, 0.3) is 0 Å². The molecule has 0 bridgehead atoms. The number of carboxylic acid groups (broad SMARTS) is 1. The van der Waals surface area contributed by atoms with E-state index in [1.165, 1.54) is 12.1 Å². The summed E-state index contributed by atoms with van der Waals surface area (Å²) >= 11 is 0. The lowest BCUT2D eigenvalue weighted by Crippen LogP contribution is -2.05. The predicted octanol–water partition coefficient (Wildman–Crippen LogP) is 3.11. The number of hydrogen-bond acceptors (Lipinski definition) is 3. The van der Waals surface area contributed by atoms with Gasteiger partial charge in [0.25, 0.3) is 0 Å². The molecule has 0 unspecified atom stereocenters. The third kappa shape index (κ3) is 4.26. The monoisotopic (exact) mass is 235 g/mol. The first-order chi connectivity index (χ1) is 8.02. The molecule has 0 fully saturated rings. The van der Waals surface area contributed by atoms with E-state index in [1.807, 2.05) is 0 Å². The zero-order valence-electron chi connectivity index (χ0n) is 10.3. The number of hydrogen-bond donors (Lipinski definition) is 1. The van der Waals surface area contributed by atoms with Crippen molar-refractivity contribution in [1.29, 1.82) is 0 Å². The number of aromatic carboxylic acids is 1. The van der Waals surface area contributed by atoms with Crippen molar-refractivity contribution in [3.8, 4) is 0 Å². The molecule has 0 aliphatic rings. The van der Waals surface area contributed by atoms with Crippen molar-refractivity contribution in [2.75, 3.05) is 7.11 Å². The molecule has 0 radical (unpaired) electrons. The highest BCUT2D eigenvalue weighted by Crippen LogP contribution is 2.16. The smallest absolute Gasteiger partial charge is 0.335 e. The average Bonchev–Trinajstić information content (AvgIpc) is 2.28. The van der Waals surface area contributed by atoms with Gasteiger partial charge in [0.1, 0.15) is 0 Å². The summed E-state index contributed by atoms with van der Waals surface area (Å²) in [4.78, 5) is 15.1. The minimum atomic E-state index is -0.954. The van der Waals surface area contributed by atoms with Gasteiger partial charge in [0.15, 0.2) is 5.90 Å². The Balaban J connectivity index is 2.95. The van der Waals surface area contributed by atoms with Crippen molar-refractivity contribution < 1.29 is 14.6 Å². The Labute approximate surface area is 101 Å². The third-order valence-corrected chi connectivity index (χ3v) is 2.17. The van der Waals surface area contributed by atoms with Crippen LogP contribution in [0.15, 0.2) is 29.3 Å². The van der Waals surface area contributed by atoms with Crippen molar-refractivity contribution in [1.82, 2.24) is 0 Å². The Bertz CT molecular complexity index is 424. The number of carbonyl (C=O) groups is 1. The van der Waals surface area contributed by atoms with Gasteiger partial charge in [-0.1, -0.05) is 19.9 Å². The second-order valence-corrected chi connectivity index (χ2v) is 4.16. The van der Waals surface area contributed by atoms with E-state index in [9.17, 15) is 4.79 Å². The molecule has 0 aliphatic heterocycles. The van der Waals surface area contributed by atoms with E-state index in [0.29, 0.717) is 17.5 Å². The van der Waals surface area contributed by atoms with E-state index >= 15 is 0 Å². The van der Waals surface area contributed by atoms with Crippen LogP contribution in [0.5, 0.6) is 0 Å². The molecule has 0 aliphatic carbocycles. The number of nitrogens with zero attached hydrogens (tertiary/aromatic N) is 1. The fraction of sp³-hybridized carbons (Fsp3) is 0.385. The van der Waals surface area contributed by atoms with Crippen LogP contribution in [-0.2, 0) is 4.74 Å². The first-order valence-electron chi connectivity index (χ1n) is 5.48. The summed E-state index contributed by atoms with van der Waals surface area (Å²) in [6, 6.07) is 6.49. The summed E-state index contributed by atoms with van der Waals surface area (Å²) in [5.74, 6) is 0.101. The minimum Gasteiger partial charge on any atom is -0.484 e. The molecular weight excluding hydrogens is 218 g/mol. The SMILES string of the molecule is COC(CC(C)C)=Nc1cccc(C(=O)O)c1. The molecule has 4 nitrogen and oxygen atoms in total. The summed E-state index contributed by atoms with van der Waals surface area (Å²) in [5, 5.41) is 8.87. The molecule has 1 aromatic carbocycles. The van der Waals surface area contributed by atoms with E-state index in [-0.39, 0.29) is 5.56 Å². The second kappa shape index (κ2) is 6.03. The van der Waals surface area contributed by atoms with E-state index < -0.39 is 5.97 Å². The Morgan fingerprint density at radius 3 is 2.71 bits per heavy atom. The van der Waals surface area contributed by atoms with Crippen LogP contribution in [0.4, 0.5) is 5.69 Å². The van der Waals surface area contributed by atoms with Crippen molar-refractivity contribution in [3.05, 3.63) is 29.8 Å². The number of methoxy groups -OCH3 is 1. The highest BCUT2D eigenvalue weighted by atomic mass is 16.5. The topological polar surface area (TPSA) is 58.9 Å². The van der Waals surface area contributed by atoms with E-state index in [4.69, 9.17) is 9.84 Å². The van der Waals surface area contributed by atoms with Gasteiger partial charge in [-0.05, 0) is 24.1 Å². The summed E-state index contributed by atoms with van der Waals surface area (Å²) in [5.41, 5.74) is 0.827. The van der Waals surface area contributed by atoms with Crippen LogP contribution in [0.2, 0.25) is 0 Å². The van der Waals surface area contributed by atoms with Crippen LogP contribution in [-0.4, -0.2) is 24.1 Å². The molecule has 0 heterocycles. The van der Waals surface area contributed by atoms with Gasteiger partial charge in [-0.3, -0.25) is 0 Å². The minimum absolute atomic E-state index is 0.228. The lowest BCUT2D eigenvalue weighted by molar-refractivity contribution is 0.0697. The largest absolute Gasteiger partial charge is 0.484 e. The van der Waals surface area contributed by atoms with Crippen LogP contribution >= 0.6 is 0 Å². The molecule has 0 saturated heterocycles. The summed E-state index contributed by atoms with van der Waals surface area (Å²) in [7, 11) is 1.57. The maximum atomic E-state index is 10.8.